The van der Waals surface area contributed by atoms with Gasteiger partial charge in [0.05, 0.1) is 25.2 Å². The van der Waals surface area contributed by atoms with Gasteiger partial charge in [-0.3, -0.25) is 0 Å². The second-order valence-electron chi connectivity index (χ2n) is 5.45. The number of morpholine rings is 1. The number of hydrogen-bond acceptors (Lipinski definition) is 7. The summed E-state index contributed by atoms with van der Waals surface area (Å²) >= 11 is 1.76. The first kappa shape index (κ1) is 18.2. The number of aromatic nitrogens is 1. The number of sulfonamides is 1. The van der Waals surface area contributed by atoms with E-state index in [9.17, 15) is 8.42 Å². The van der Waals surface area contributed by atoms with Crippen LogP contribution in [0, 0.1) is 0 Å². The van der Waals surface area contributed by atoms with E-state index in [0.717, 1.165) is 23.8 Å². The summed E-state index contributed by atoms with van der Waals surface area (Å²) in [7, 11) is -3.48. The third-order valence-corrected chi connectivity index (χ3v) is 6.58. The molecule has 25 heavy (non-hydrogen) atoms. The van der Waals surface area contributed by atoms with E-state index < -0.39 is 10.0 Å². The molecule has 0 amide bonds. The number of anilines is 1. The third-order valence-electron chi connectivity index (χ3n) is 3.72. The van der Waals surface area contributed by atoms with E-state index in [1.165, 1.54) is 10.5 Å². The molecule has 1 aliphatic heterocycles. The maximum atomic E-state index is 12.5. The van der Waals surface area contributed by atoms with E-state index in [1.807, 2.05) is 12.1 Å². The highest BCUT2D eigenvalue weighted by atomic mass is 32.2. The fraction of sp³-hybridized carbons (Fsp3) is 0.438. The van der Waals surface area contributed by atoms with Crippen LogP contribution < -0.4 is 5.32 Å². The number of furan rings is 1. The highest BCUT2D eigenvalue weighted by Gasteiger charge is 2.26. The van der Waals surface area contributed by atoms with Crippen LogP contribution in [0.5, 0.6) is 0 Å². The summed E-state index contributed by atoms with van der Waals surface area (Å²) in [6.07, 6.45) is 3.08. The van der Waals surface area contributed by atoms with Gasteiger partial charge in [0.15, 0.2) is 0 Å². The fourth-order valence-electron chi connectivity index (χ4n) is 2.39. The molecule has 7 nitrogen and oxygen atoms in total. The van der Waals surface area contributed by atoms with Crippen LogP contribution in [-0.2, 0) is 20.5 Å². The number of thioether (sulfide) groups is 1. The summed E-state index contributed by atoms with van der Waals surface area (Å²) in [6, 6.07) is 7.13. The van der Waals surface area contributed by atoms with Crippen molar-refractivity contribution in [1.29, 1.82) is 0 Å². The summed E-state index contributed by atoms with van der Waals surface area (Å²) < 4.78 is 36.9. The molecule has 0 saturated carbocycles. The maximum absolute atomic E-state index is 12.5. The van der Waals surface area contributed by atoms with Crippen molar-refractivity contribution in [3.8, 4) is 0 Å². The Morgan fingerprint density at radius 1 is 1.24 bits per heavy atom. The van der Waals surface area contributed by atoms with Gasteiger partial charge in [-0.2, -0.15) is 16.1 Å². The molecular formula is C16H21N3O4S2. The van der Waals surface area contributed by atoms with E-state index in [2.05, 4.69) is 10.3 Å². The molecule has 1 saturated heterocycles. The van der Waals surface area contributed by atoms with E-state index >= 15 is 0 Å². The fourth-order valence-corrected chi connectivity index (χ4v) is 4.50. The Balaban J connectivity index is 1.46. The smallest absolute Gasteiger partial charge is 0.244 e. The number of nitrogens with one attached hydrogen (secondary N) is 1. The molecule has 1 fully saturated rings. The highest BCUT2D eigenvalue weighted by Crippen LogP contribution is 2.18. The molecule has 136 valence electrons. The van der Waals surface area contributed by atoms with Crippen molar-refractivity contribution in [2.45, 2.75) is 10.6 Å². The summed E-state index contributed by atoms with van der Waals surface area (Å²) in [5.74, 6) is 3.36. The van der Waals surface area contributed by atoms with Crippen LogP contribution in [0.3, 0.4) is 0 Å². The van der Waals surface area contributed by atoms with Crippen molar-refractivity contribution in [3.05, 3.63) is 42.5 Å². The van der Waals surface area contributed by atoms with Gasteiger partial charge in [0.2, 0.25) is 10.0 Å². The molecule has 0 atom stereocenters. The maximum Gasteiger partial charge on any atom is 0.244 e. The van der Waals surface area contributed by atoms with Gasteiger partial charge >= 0.3 is 0 Å². The molecule has 1 N–H and O–H groups in total. The van der Waals surface area contributed by atoms with Crippen molar-refractivity contribution in [2.75, 3.05) is 43.9 Å². The first-order valence-electron chi connectivity index (χ1n) is 8.04. The molecule has 0 spiro atoms. The number of rotatable bonds is 8. The molecule has 2 aromatic rings. The van der Waals surface area contributed by atoms with Gasteiger partial charge < -0.3 is 14.5 Å². The number of hydrogen-bond donors (Lipinski definition) is 1. The van der Waals surface area contributed by atoms with E-state index in [0.29, 0.717) is 32.1 Å². The Bertz CT molecular complexity index is 742. The Labute approximate surface area is 151 Å². The Kier molecular flexibility index (Phi) is 6.35. The van der Waals surface area contributed by atoms with E-state index in [-0.39, 0.29) is 4.90 Å². The quantitative estimate of drug-likeness (QED) is 0.698. The number of ether oxygens (including phenoxy) is 1. The van der Waals surface area contributed by atoms with Gasteiger partial charge in [0, 0.05) is 31.6 Å². The van der Waals surface area contributed by atoms with Gasteiger partial charge in [-0.05, 0) is 24.3 Å². The minimum absolute atomic E-state index is 0.215. The largest absolute Gasteiger partial charge is 0.468 e. The van der Waals surface area contributed by atoms with Crippen LogP contribution in [0.2, 0.25) is 0 Å². The molecule has 0 unspecified atom stereocenters. The normalized spacial score (nSPS) is 16.0. The molecule has 9 heteroatoms. The Morgan fingerprint density at radius 3 is 2.76 bits per heavy atom. The molecule has 0 aliphatic carbocycles. The van der Waals surface area contributed by atoms with Crippen LogP contribution in [0.1, 0.15) is 5.76 Å². The average Bonchev–Trinajstić information content (AvgIpc) is 3.16. The van der Waals surface area contributed by atoms with Crippen molar-refractivity contribution >= 4 is 27.6 Å². The lowest BCUT2D eigenvalue weighted by molar-refractivity contribution is 0.0730. The Morgan fingerprint density at radius 2 is 2.08 bits per heavy atom. The summed E-state index contributed by atoms with van der Waals surface area (Å²) in [4.78, 5) is 4.43. The standard InChI is InChI=1S/C16H21N3O4S2/c20-25(21,19-6-9-22-10-7-19)15-3-4-16(18-12-15)17-5-11-24-13-14-2-1-8-23-14/h1-4,8,12H,5-7,9-11,13H2,(H,17,18). The van der Waals surface area contributed by atoms with Crippen LogP contribution in [-0.4, -0.2) is 56.3 Å². The second kappa shape index (κ2) is 8.70. The first-order valence-corrected chi connectivity index (χ1v) is 10.6. The molecule has 0 radical (unpaired) electrons. The Hall–Kier alpha value is -1.55. The summed E-state index contributed by atoms with van der Waals surface area (Å²) in [5, 5.41) is 3.19. The van der Waals surface area contributed by atoms with Gasteiger partial charge in [-0.25, -0.2) is 13.4 Å². The molecule has 3 heterocycles. The monoisotopic (exact) mass is 383 g/mol. The van der Waals surface area contributed by atoms with Gasteiger partial charge in [0.25, 0.3) is 0 Å². The van der Waals surface area contributed by atoms with E-state index in [1.54, 1.807) is 30.2 Å². The van der Waals surface area contributed by atoms with Crippen molar-refractivity contribution in [3.63, 3.8) is 0 Å². The van der Waals surface area contributed by atoms with Gasteiger partial charge in [-0.1, -0.05) is 0 Å². The minimum Gasteiger partial charge on any atom is -0.468 e. The summed E-state index contributed by atoms with van der Waals surface area (Å²) in [5.41, 5.74) is 0. The predicted molar refractivity (Wildman–Crippen MR) is 97.2 cm³/mol. The van der Waals surface area contributed by atoms with Crippen LogP contribution in [0.15, 0.2) is 46.0 Å². The third kappa shape index (κ3) is 4.97. The van der Waals surface area contributed by atoms with Crippen molar-refractivity contribution in [2.24, 2.45) is 0 Å². The molecule has 0 bridgehead atoms. The zero-order valence-corrected chi connectivity index (χ0v) is 15.4. The van der Waals surface area contributed by atoms with Crippen LogP contribution in [0.25, 0.3) is 0 Å². The van der Waals surface area contributed by atoms with Crippen LogP contribution in [0.4, 0.5) is 5.82 Å². The van der Waals surface area contributed by atoms with Crippen molar-refractivity contribution in [1.82, 2.24) is 9.29 Å². The second-order valence-corrected chi connectivity index (χ2v) is 8.50. The van der Waals surface area contributed by atoms with Gasteiger partial charge in [0.1, 0.15) is 16.5 Å². The predicted octanol–water partition coefficient (Wildman–Crippen LogP) is 2.04. The van der Waals surface area contributed by atoms with Gasteiger partial charge in [-0.15, -0.1) is 0 Å². The van der Waals surface area contributed by atoms with E-state index in [4.69, 9.17) is 9.15 Å². The SMILES string of the molecule is O=S(=O)(c1ccc(NCCSCc2ccco2)nc1)N1CCOCC1. The highest BCUT2D eigenvalue weighted by molar-refractivity contribution is 7.98. The average molecular weight is 383 g/mol. The lowest BCUT2D eigenvalue weighted by atomic mass is 10.4. The number of pyridine rings is 1. The first-order chi connectivity index (χ1) is 12.2. The molecular weight excluding hydrogens is 362 g/mol. The molecule has 3 rings (SSSR count). The topological polar surface area (TPSA) is 84.7 Å². The van der Waals surface area contributed by atoms with Crippen molar-refractivity contribution < 1.29 is 17.6 Å². The number of nitrogens with zero attached hydrogens (tertiary/aromatic N) is 2. The lowest BCUT2D eigenvalue weighted by Gasteiger charge is -2.25. The molecule has 0 aromatic carbocycles. The lowest BCUT2D eigenvalue weighted by Crippen LogP contribution is -2.40. The van der Waals surface area contributed by atoms with Crippen LogP contribution >= 0.6 is 11.8 Å². The minimum atomic E-state index is -3.48. The molecule has 2 aromatic heterocycles. The zero-order chi connectivity index (χ0) is 17.5. The zero-order valence-electron chi connectivity index (χ0n) is 13.8. The summed E-state index contributed by atoms with van der Waals surface area (Å²) in [6.45, 7) is 2.38. The molecule has 1 aliphatic rings.